The highest BCUT2D eigenvalue weighted by molar-refractivity contribution is 6.14. The van der Waals surface area contributed by atoms with Crippen LogP contribution in [0.4, 0.5) is 105 Å². The van der Waals surface area contributed by atoms with E-state index in [2.05, 4.69) is 0 Å². The van der Waals surface area contributed by atoms with Gasteiger partial charge in [0.1, 0.15) is 0 Å². The number of benzene rings is 10. The third kappa shape index (κ3) is 12.8. The Morgan fingerprint density at radius 3 is 0.788 bits per heavy atom. The Balaban J connectivity index is 1.24. The zero-order chi connectivity index (χ0) is 72.0. The van der Waals surface area contributed by atoms with Gasteiger partial charge in [-0.2, -0.15) is 116 Å². The Hall–Kier alpha value is -10.9. The van der Waals surface area contributed by atoms with Crippen LogP contribution >= 0.6 is 0 Å². The van der Waals surface area contributed by atoms with E-state index in [-0.39, 0.29) is 107 Å². The molecular weight excluding hydrogens is 1360 g/mol. The summed E-state index contributed by atoms with van der Waals surface area (Å²) in [6.45, 7) is 1.34. The largest absolute Gasteiger partial charge is 0.416 e. The number of rotatable bonds is 7. The minimum absolute atomic E-state index is 0.0134. The molecule has 99 heavy (non-hydrogen) atoms. The Bertz CT molecular complexity index is 5190. The van der Waals surface area contributed by atoms with Crippen LogP contribution in [0.2, 0.25) is 0 Å². The van der Waals surface area contributed by atoms with E-state index in [1.54, 1.807) is 6.07 Å². The first-order chi connectivity index (χ1) is 45.9. The molecule has 0 saturated carbocycles. The molecule has 0 bridgehead atoms. The van der Waals surface area contributed by atoms with Gasteiger partial charge < -0.3 is 9.13 Å². The summed E-state index contributed by atoms with van der Waals surface area (Å²) in [6.07, 6.45) is -42.4. The molecule has 28 heteroatoms. The number of nitrogens with zero attached hydrogens (tertiary/aromatic N) is 4. The van der Waals surface area contributed by atoms with Gasteiger partial charge in [0.05, 0.1) is 101 Å². The lowest BCUT2D eigenvalue weighted by Crippen LogP contribution is -2.11. The molecule has 0 aliphatic carbocycles. The molecule has 10 aromatic carbocycles. The Labute approximate surface area is 539 Å². The average Bonchev–Trinajstić information content (AvgIpc) is 1.54. The maximum Gasteiger partial charge on any atom is 0.416 e. The van der Waals surface area contributed by atoms with Gasteiger partial charge in [0, 0.05) is 32.7 Å². The van der Waals surface area contributed by atoms with Gasteiger partial charge in [0.2, 0.25) is 0 Å². The van der Waals surface area contributed by atoms with Gasteiger partial charge in [-0.25, -0.2) is 0 Å². The molecule has 0 radical (unpaired) electrons. The number of halogens is 24. The van der Waals surface area contributed by atoms with Crippen LogP contribution in [0.25, 0.3) is 111 Å². The van der Waals surface area contributed by atoms with E-state index in [4.69, 9.17) is 0 Å². The van der Waals surface area contributed by atoms with Crippen LogP contribution in [0, 0.1) is 29.6 Å². The molecule has 0 aliphatic heterocycles. The first-order valence-electron chi connectivity index (χ1n) is 28.3. The maximum absolute atomic E-state index is 14.4. The molecule has 0 aliphatic rings. The summed E-state index contributed by atoms with van der Waals surface area (Å²) in [4.78, 5) is 0. The molecule has 504 valence electrons. The second-order valence-electron chi connectivity index (χ2n) is 22.9. The van der Waals surface area contributed by atoms with Crippen molar-refractivity contribution in [1.82, 2.24) is 9.13 Å². The van der Waals surface area contributed by atoms with Crippen molar-refractivity contribution in [2.45, 2.75) is 56.3 Å². The van der Waals surface area contributed by atoms with Crippen molar-refractivity contribution in [2.24, 2.45) is 0 Å². The highest BCUT2D eigenvalue weighted by Crippen LogP contribution is 2.49. The standard InChI is InChI=1S/C71H32F24N4/c1-33-12-38(14-45(13-33)65(75,76)77)34-2-8-58-54(22-34)55-23-35(39-15-46(66(78,79)80)27-47(16-39)67(81,82)83)3-9-59(55)98(58)62-26-43(32-97)53(52-7-6-44(64(72,73)74)21-42(52)31-96)30-63(62)99-60-10-4-36(40-17-48(68(84,85)86)28-49(18-40)69(87,88)89)24-56(60)57-25-37(5-11-61(57)99)41-19-50(70(90,91)92)29-51(20-41)71(93,94)95/h2-30H,1H3. The van der Waals surface area contributed by atoms with E-state index < -0.39 is 133 Å². The van der Waals surface area contributed by atoms with Crippen LogP contribution in [0.5, 0.6) is 0 Å². The van der Waals surface area contributed by atoms with Gasteiger partial charge in [-0.05, 0) is 197 Å². The number of alkyl halides is 24. The first-order valence-corrected chi connectivity index (χ1v) is 28.3. The van der Waals surface area contributed by atoms with Crippen molar-refractivity contribution in [3.8, 4) is 79.1 Å². The third-order valence-corrected chi connectivity index (χ3v) is 16.5. The summed E-state index contributed by atoms with van der Waals surface area (Å²) in [7, 11) is 0. The second kappa shape index (κ2) is 23.1. The fraction of sp³-hybridized carbons (Fsp3) is 0.127. The van der Waals surface area contributed by atoms with Crippen molar-refractivity contribution < 1.29 is 105 Å². The zero-order valence-electron chi connectivity index (χ0n) is 49.1. The molecule has 4 nitrogen and oxygen atoms in total. The Morgan fingerprint density at radius 1 is 0.242 bits per heavy atom. The van der Waals surface area contributed by atoms with Crippen LogP contribution in [-0.2, 0) is 49.4 Å². The lowest BCUT2D eigenvalue weighted by Gasteiger charge is -2.20. The molecule has 0 spiro atoms. The molecule has 0 amide bonds. The second-order valence-corrected chi connectivity index (χ2v) is 22.9. The predicted octanol–water partition coefficient (Wildman–Crippen LogP) is 24.4. The van der Waals surface area contributed by atoms with Crippen LogP contribution in [-0.4, -0.2) is 9.13 Å². The molecule has 0 fully saturated rings. The topological polar surface area (TPSA) is 57.4 Å². The van der Waals surface area contributed by atoms with Crippen LogP contribution in [0.15, 0.2) is 176 Å². The summed E-state index contributed by atoms with van der Waals surface area (Å²) in [5.41, 5.74) is -19.6. The van der Waals surface area contributed by atoms with Crippen molar-refractivity contribution in [1.29, 1.82) is 10.5 Å². The van der Waals surface area contributed by atoms with Gasteiger partial charge in [-0.15, -0.1) is 0 Å². The fourth-order valence-corrected chi connectivity index (χ4v) is 12.1. The van der Waals surface area contributed by atoms with Crippen LogP contribution in [0.3, 0.4) is 0 Å². The first kappa shape index (κ1) is 68.1. The highest BCUT2D eigenvalue weighted by atomic mass is 19.4. The Kier molecular flexibility index (Phi) is 15.9. The summed E-state index contributed by atoms with van der Waals surface area (Å²) in [5, 5.41) is 20.9. The molecule has 12 rings (SSSR count). The monoisotopic (exact) mass is 1400 g/mol. The highest BCUT2D eigenvalue weighted by Gasteiger charge is 2.41. The fourth-order valence-electron chi connectivity index (χ4n) is 12.1. The lowest BCUT2D eigenvalue weighted by atomic mass is 9.93. The quantitative estimate of drug-likeness (QED) is 0.149. The summed E-state index contributed by atoms with van der Waals surface area (Å²) >= 11 is 0. The third-order valence-electron chi connectivity index (χ3n) is 16.5. The SMILES string of the molecule is Cc1cc(-c2ccc3c(c2)c2cc(-c4cc(C(F)(F)F)cc(C(F)(F)F)c4)ccc2n3-c2cc(C#N)c(-c3ccc(C(F)(F)F)cc3C#N)cc2-n2c3ccc(-c4cc(C(F)(F)F)cc(C(F)(F)F)c4)cc3c3cc(-c4cc(C(F)(F)F)cc(C(F)(F)F)c4)ccc32)cc(C(F)(F)F)c1. The van der Waals surface area contributed by atoms with Gasteiger partial charge in [-0.1, -0.05) is 36.4 Å². The molecule has 12 aromatic rings. The van der Waals surface area contributed by atoms with E-state index in [9.17, 15) is 116 Å². The lowest BCUT2D eigenvalue weighted by molar-refractivity contribution is -0.144. The number of aryl methyl sites for hydroxylation is 1. The van der Waals surface area contributed by atoms with Gasteiger partial charge in [0.15, 0.2) is 0 Å². The van der Waals surface area contributed by atoms with Crippen molar-refractivity contribution in [3.63, 3.8) is 0 Å². The molecule has 0 atom stereocenters. The molecule has 0 saturated heterocycles. The Morgan fingerprint density at radius 2 is 0.505 bits per heavy atom. The number of hydrogen-bond acceptors (Lipinski definition) is 2. The molecule has 0 unspecified atom stereocenters. The minimum Gasteiger partial charge on any atom is -0.307 e. The van der Waals surface area contributed by atoms with Crippen LogP contribution in [0.1, 0.15) is 61.2 Å². The molecule has 0 N–H and O–H groups in total. The maximum atomic E-state index is 14.4. The van der Waals surface area contributed by atoms with Crippen molar-refractivity contribution >= 4 is 43.6 Å². The minimum atomic E-state index is -5.42. The zero-order valence-corrected chi connectivity index (χ0v) is 49.1. The number of nitriles is 2. The molecule has 2 aromatic heterocycles. The number of hydrogen-bond donors (Lipinski definition) is 0. The van der Waals surface area contributed by atoms with E-state index >= 15 is 0 Å². The normalized spacial score (nSPS) is 13.1. The van der Waals surface area contributed by atoms with Gasteiger partial charge in [-0.3, -0.25) is 0 Å². The number of fused-ring (bicyclic) bond motifs is 6. The predicted molar refractivity (Wildman–Crippen MR) is 316 cm³/mol. The van der Waals surface area contributed by atoms with E-state index in [0.29, 0.717) is 48.5 Å². The molecule has 2 heterocycles. The van der Waals surface area contributed by atoms with Gasteiger partial charge >= 0.3 is 49.4 Å². The van der Waals surface area contributed by atoms with Crippen molar-refractivity contribution in [3.05, 3.63) is 237 Å². The summed E-state index contributed by atoms with van der Waals surface area (Å²) in [5.74, 6) is 0. The number of aromatic nitrogens is 2. The van der Waals surface area contributed by atoms with Crippen LogP contribution < -0.4 is 0 Å². The summed E-state index contributed by atoms with van der Waals surface area (Å²) < 4.78 is 349. The summed E-state index contributed by atoms with van der Waals surface area (Å²) in [6, 6.07) is 25.8. The van der Waals surface area contributed by atoms with Gasteiger partial charge in [0.25, 0.3) is 0 Å². The smallest absolute Gasteiger partial charge is 0.307 e. The van der Waals surface area contributed by atoms with Crippen molar-refractivity contribution in [2.75, 3.05) is 0 Å². The average molecular weight is 1400 g/mol. The van der Waals surface area contributed by atoms with E-state index in [1.807, 2.05) is 6.07 Å². The molecular formula is C71H32F24N4. The van der Waals surface area contributed by atoms with E-state index in [0.717, 1.165) is 78.9 Å². The van der Waals surface area contributed by atoms with E-state index in [1.165, 1.54) is 46.4 Å².